The van der Waals surface area contributed by atoms with Gasteiger partial charge < -0.3 is 0 Å². The predicted molar refractivity (Wildman–Crippen MR) is 88.3 cm³/mol. The first kappa shape index (κ1) is 14.1. The Kier molecular flexibility index (Phi) is 5.89. The van der Waals surface area contributed by atoms with Crippen molar-refractivity contribution < 1.29 is 0 Å². The molecule has 0 atom stereocenters. The van der Waals surface area contributed by atoms with Gasteiger partial charge in [-0.3, -0.25) is 0 Å². The Morgan fingerprint density at radius 2 is 1.21 bits per heavy atom. The summed E-state index contributed by atoms with van der Waals surface area (Å²) < 4.78 is 0. The molecule has 0 aliphatic carbocycles. The van der Waals surface area contributed by atoms with Crippen LogP contribution in [0.1, 0.15) is 32.6 Å². The molecule has 1 heteroatoms. The Hall–Kier alpha value is -1.34. The van der Waals surface area contributed by atoms with Gasteiger partial charge in [0.25, 0.3) is 0 Å². The molecular formula is C18H24Si. The van der Waals surface area contributed by atoms with Crippen molar-refractivity contribution in [2.45, 2.75) is 38.7 Å². The highest BCUT2D eigenvalue weighted by atomic mass is 28.3. The molecular weight excluding hydrogens is 244 g/mol. The van der Waals surface area contributed by atoms with E-state index in [-0.39, 0.29) is 0 Å². The van der Waals surface area contributed by atoms with E-state index in [1.165, 1.54) is 31.7 Å². The van der Waals surface area contributed by atoms with Crippen LogP contribution in [0.25, 0.3) is 0 Å². The lowest BCUT2D eigenvalue weighted by molar-refractivity contribution is 0.700. The maximum Gasteiger partial charge on any atom is 0.103 e. The Bertz CT molecular complexity index is 410. The zero-order valence-corrected chi connectivity index (χ0v) is 13.0. The molecule has 0 N–H and O–H groups in total. The van der Waals surface area contributed by atoms with Crippen molar-refractivity contribution in [2.24, 2.45) is 0 Å². The van der Waals surface area contributed by atoms with Gasteiger partial charge in [0.05, 0.1) is 0 Å². The summed E-state index contributed by atoms with van der Waals surface area (Å²) in [5.41, 5.74) is 0. The summed E-state index contributed by atoms with van der Waals surface area (Å²) in [6.45, 7) is 2.28. The smallest absolute Gasteiger partial charge is 0.0654 e. The lowest BCUT2D eigenvalue weighted by Gasteiger charge is -2.16. The van der Waals surface area contributed by atoms with Gasteiger partial charge >= 0.3 is 0 Å². The third-order valence-corrected chi connectivity index (χ3v) is 7.12. The van der Waals surface area contributed by atoms with Crippen LogP contribution >= 0.6 is 0 Å². The van der Waals surface area contributed by atoms with E-state index in [1.54, 1.807) is 10.4 Å². The summed E-state index contributed by atoms with van der Waals surface area (Å²) in [6.07, 6.45) is 5.47. The summed E-state index contributed by atoms with van der Waals surface area (Å²) in [5, 5.41) is 3.18. The number of hydrogen-bond acceptors (Lipinski definition) is 0. The van der Waals surface area contributed by atoms with Gasteiger partial charge in [0.1, 0.15) is 8.80 Å². The summed E-state index contributed by atoms with van der Waals surface area (Å²) in [6, 6.07) is 23.7. The molecule has 2 rings (SSSR count). The standard InChI is InChI=1S/C18H24Si/c1-2-3-4-11-16-19(17-12-7-5-8-13-17)18-14-9-6-10-15-18/h5-10,12-15,19H,2-4,11,16H2,1H3. The van der Waals surface area contributed by atoms with E-state index < -0.39 is 8.80 Å². The fourth-order valence-corrected chi connectivity index (χ4v) is 5.79. The van der Waals surface area contributed by atoms with E-state index in [4.69, 9.17) is 0 Å². The summed E-state index contributed by atoms with van der Waals surface area (Å²) in [7, 11) is -0.993. The zero-order chi connectivity index (χ0) is 13.3. The minimum atomic E-state index is -0.993. The van der Waals surface area contributed by atoms with Crippen LogP contribution in [0.15, 0.2) is 60.7 Å². The van der Waals surface area contributed by atoms with Crippen LogP contribution in [0, 0.1) is 0 Å². The second-order valence-corrected chi connectivity index (χ2v) is 8.24. The van der Waals surface area contributed by atoms with Gasteiger partial charge in [0, 0.05) is 0 Å². The summed E-state index contributed by atoms with van der Waals surface area (Å²) >= 11 is 0. The van der Waals surface area contributed by atoms with Crippen molar-refractivity contribution in [2.75, 3.05) is 0 Å². The molecule has 0 amide bonds. The quantitative estimate of drug-likeness (QED) is 0.531. The number of hydrogen-bond donors (Lipinski definition) is 0. The van der Waals surface area contributed by atoms with Crippen molar-refractivity contribution in [1.29, 1.82) is 0 Å². The molecule has 0 aromatic heterocycles. The van der Waals surface area contributed by atoms with E-state index in [2.05, 4.69) is 67.6 Å². The number of rotatable bonds is 7. The van der Waals surface area contributed by atoms with E-state index in [1.807, 2.05) is 0 Å². The van der Waals surface area contributed by atoms with Gasteiger partial charge in [-0.25, -0.2) is 0 Å². The Morgan fingerprint density at radius 1 is 0.684 bits per heavy atom. The molecule has 0 nitrogen and oxygen atoms in total. The first-order chi connectivity index (χ1) is 9.42. The molecule has 0 unspecified atom stereocenters. The predicted octanol–water partition coefficient (Wildman–Crippen LogP) is 3.61. The van der Waals surface area contributed by atoms with E-state index in [9.17, 15) is 0 Å². The lowest BCUT2D eigenvalue weighted by Crippen LogP contribution is -2.41. The topological polar surface area (TPSA) is 0 Å². The van der Waals surface area contributed by atoms with E-state index in [0.29, 0.717) is 0 Å². The SMILES string of the molecule is CCCCCC[SiH](c1ccccc1)c1ccccc1. The van der Waals surface area contributed by atoms with Gasteiger partial charge in [0.15, 0.2) is 0 Å². The van der Waals surface area contributed by atoms with Crippen molar-refractivity contribution in [3.8, 4) is 0 Å². The van der Waals surface area contributed by atoms with Crippen LogP contribution in [-0.2, 0) is 0 Å². The van der Waals surface area contributed by atoms with E-state index in [0.717, 1.165) is 0 Å². The van der Waals surface area contributed by atoms with Crippen LogP contribution in [0.2, 0.25) is 6.04 Å². The van der Waals surface area contributed by atoms with Crippen LogP contribution in [0.5, 0.6) is 0 Å². The molecule has 0 bridgehead atoms. The molecule has 19 heavy (non-hydrogen) atoms. The van der Waals surface area contributed by atoms with Crippen LogP contribution in [-0.4, -0.2) is 8.80 Å². The maximum atomic E-state index is 2.32. The highest BCUT2D eigenvalue weighted by Crippen LogP contribution is 2.07. The minimum Gasteiger partial charge on any atom is -0.0654 e. The van der Waals surface area contributed by atoms with E-state index >= 15 is 0 Å². The zero-order valence-electron chi connectivity index (χ0n) is 11.9. The monoisotopic (exact) mass is 268 g/mol. The van der Waals surface area contributed by atoms with Crippen LogP contribution in [0.3, 0.4) is 0 Å². The summed E-state index contributed by atoms with van der Waals surface area (Å²) in [5.74, 6) is 0. The minimum absolute atomic E-state index is 0.993. The first-order valence-electron chi connectivity index (χ1n) is 7.51. The third-order valence-electron chi connectivity index (χ3n) is 3.75. The fraction of sp³-hybridized carbons (Fsp3) is 0.333. The molecule has 0 aliphatic rings. The second-order valence-electron chi connectivity index (χ2n) is 5.22. The van der Waals surface area contributed by atoms with Gasteiger partial charge in [-0.2, -0.15) is 0 Å². The molecule has 0 saturated heterocycles. The molecule has 0 aliphatic heterocycles. The molecule has 0 fully saturated rings. The molecule has 2 aromatic carbocycles. The normalized spacial score (nSPS) is 10.8. The van der Waals surface area contributed by atoms with Crippen molar-refractivity contribution in [3.05, 3.63) is 60.7 Å². The lowest BCUT2D eigenvalue weighted by atomic mass is 10.2. The van der Waals surface area contributed by atoms with Crippen molar-refractivity contribution in [3.63, 3.8) is 0 Å². The fourth-order valence-electron chi connectivity index (χ4n) is 2.67. The number of unbranched alkanes of at least 4 members (excludes halogenated alkanes) is 3. The molecule has 0 spiro atoms. The Balaban J connectivity index is 2.10. The average molecular weight is 268 g/mol. The Labute approximate surface area is 119 Å². The summed E-state index contributed by atoms with van der Waals surface area (Å²) in [4.78, 5) is 0. The van der Waals surface area contributed by atoms with Crippen LogP contribution < -0.4 is 10.4 Å². The molecule has 0 saturated carbocycles. The Morgan fingerprint density at radius 3 is 1.68 bits per heavy atom. The molecule has 100 valence electrons. The maximum absolute atomic E-state index is 2.32. The molecule has 0 heterocycles. The molecule has 0 radical (unpaired) electrons. The highest BCUT2D eigenvalue weighted by molar-refractivity contribution is 6.85. The van der Waals surface area contributed by atoms with Crippen LogP contribution in [0.4, 0.5) is 0 Å². The van der Waals surface area contributed by atoms with Gasteiger partial charge in [-0.15, -0.1) is 0 Å². The molecule has 2 aromatic rings. The first-order valence-corrected chi connectivity index (χ1v) is 9.49. The van der Waals surface area contributed by atoms with Gasteiger partial charge in [0.2, 0.25) is 0 Å². The second kappa shape index (κ2) is 7.95. The van der Waals surface area contributed by atoms with Gasteiger partial charge in [-0.05, 0) is 0 Å². The average Bonchev–Trinajstić information content (AvgIpc) is 2.49. The number of benzene rings is 2. The largest absolute Gasteiger partial charge is 0.103 e. The highest BCUT2D eigenvalue weighted by Gasteiger charge is 2.14. The van der Waals surface area contributed by atoms with Crippen molar-refractivity contribution >= 4 is 19.2 Å². The third kappa shape index (κ3) is 4.36. The van der Waals surface area contributed by atoms with Gasteiger partial charge in [-0.1, -0.05) is 110 Å². The van der Waals surface area contributed by atoms with Crippen molar-refractivity contribution in [1.82, 2.24) is 0 Å².